The molecule has 0 spiro atoms. The molecular weight excluding hydrogens is 382 g/mol. The van der Waals surface area contributed by atoms with Crippen LogP contribution in [0.3, 0.4) is 0 Å². The van der Waals surface area contributed by atoms with Gasteiger partial charge in [0.1, 0.15) is 5.56 Å². The van der Waals surface area contributed by atoms with E-state index in [-0.39, 0.29) is 23.2 Å². The fourth-order valence-corrected chi connectivity index (χ4v) is 4.76. The number of nitrogens with zero attached hydrogens (tertiary/aromatic N) is 4. The number of amides is 2. The van der Waals surface area contributed by atoms with E-state index in [4.69, 9.17) is 5.11 Å². The van der Waals surface area contributed by atoms with Gasteiger partial charge in [0.15, 0.2) is 5.82 Å². The zero-order valence-corrected chi connectivity index (χ0v) is 17.6. The zero-order valence-electron chi connectivity index (χ0n) is 17.6. The first kappa shape index (κ1) is 20.0. The second-order valence-electron chi connectivity index (χ2n) is 7.86. The molecule has 4 rings (SSSR count). The van der Waals surface area contributed by atoms with E-state index in [1.807, 2.05) is 4.90 Å². The number of nitrogens with one attached hydrogen (secondary N) is 1. The predicted octanol–water partition coefficient (Wildman–Crippen LogP) is 3.81. The minimum absolute atomic E-state index is 0.0796. The summed E-state index contributed by atoms with van der Waals surface area (Å²) in [6.45, 7) is 6.46. The molecule has 3 aromatic rings. The number of hydrogen-bond donors (Lipinski definition) is 2. The lowest BCUT2D eigenvalue weighted by molar-refractivity contribution is 0.0705. The molecule has 1 aliphatic rings. The van der Waals surface area contributed by atoms with Crippen molar-refractivity contribution in [2.24, 2.45) is 7.05 Å². The molecule has 2 amide bonds. The number of anilines is 1. The van der Waals surface area contributed by atoms with Gasteiger partial charge in [-0.05, 0) is 38.3 Å². The maximum atomic E-state index is 13.2. The van der Waals surface area contributed by atoms with Crippen LogP contribution in [0.4, 0.5) is 10.6 Å². The SMILES string of the molecule is CCn1c(C2CCCN(C(=O)c3cn(C)nc3NC(=O)O)C2)c(C)c2ccccc21. The molecule has 0 bridgehead atoms. The van der Waals surface area contributed by atoms with E-state index in [1.54, 1.807) is 13.2 Å². The molecular formula is C22H27N5O3. The fourth-order valence-electron chi connectivity index (χ4n) is 4.76. The summed E-state index contributed by atoms with van der Waals surface area (Å²) in [6, 6.07) is 8.44. The summed E-state index contributed by atoms with van der Waals surface area (Å²) in [5.41, 5.74) is 4.09. The maximum absolute atomic E-state index is 13.2. The van der Waals surface area contributed by atoms with Crippen molar-refractivity contribution < 1.29 is 14.7 Å². The Hall–Kier alpha value is -3.29. The molecule has 0 aliphatic carbocycles. The van der Waals surface area contributed by atoms with Gasteiger partial charge in [0.05, 0.1) is 0 Å². The molecule has 1 aliphatic heterocycles. The molecule has 3 heterocycles. The Morgan fingerprint density at radius 1 is 1.30 bits per heavy atom. The van der Waals surface area contributed by atoms with E-state index in [0.29, 0.717) is 13.1 Å². The summed E-state index contributed by atoms with van der Waals surface area (Å²) < 4.78 is 3.82. The summed E-state index contributed by atoms with van der Waals surface area (Å²) in [5.74, 6) is 0.131. The third-order valence-corrected chi connectivity index (χ3v) is 5.97. The number of carboxylic acid groups (broad SMARTS) is 1. The van der Waals surface area contributed by atoms with Crippen LogP contribution >= 0.6 is 0 Å². The number of carbonyl (C=O) groups is 2. The van der Waals surface area contributed by atoms with Crippen LogP contribution in [-0.4, -0.2) is 49.4 Å². The second kappa shape index (κ2) is 7.85. The predicted molar refractivity (Wildman–Crippen MR) is 115 cm³/mol. The average Bonchev–Trinajstić information content (AvgIpc) is 3.24. The lowest BCUT2D eigenvalue weighted by atomic mass is 9.91. The number of carbonyl (C=O) groups excluding carboxylic acids is 1. The highest BCUT2D eigenvalue weighted by Gasteiger charge is 2.31. The van der Waals surface area contributed by atoms with Crippen molar-refractivity contribution >= 4 is 28.7 Å². The van der Waals surface area contributed by atoms with Gasteiger partial charge in [-0.2, -0.15) is 5.10 Å². The molecule has 0 saturated carbocycles. The summed E-state index contributed by atoms with van der Waals surface area (Å²) in [5, 5.41) is 16.6. The van der Waals surface area contributed by atoms with Gasteiger partial charge in [0.25, 0.3) is 5.91 Å². The molecule has 2 aromatic heterocycles. The highest BCUT2D eigenvalue weighted by Crippen LogP contribution is 2.36. The van der Waals surface area contributed by atoms with Crippen LogP contribution < -0.4 is 5.32 Å². The van der Waals surface area contributed by atoms with Crippen LogP contribution in [0.5, 0.6) is 0 Å². The normalized spacial score (nSPS) is 16.8. The van der Waals surface area contributed by atoms with Crippen molar-refractivity contribution in [3.63, 3.8) is 0 Å². The van der Waals surface area contributed by atoms with Crippen molar-refractivity contribution in [3.8, 4) is 0 Å². The van der Waals surface area contributed by atoms with E-state index in [0.717, 1.165) is 19.4 Å². The molecule has 8 nitrogen and oxygen atoms in total. The number of fused-ring (bicyclic) bond motifs is 1. The van der Waals surface area contributed by atoms with E-state index in [2.05, 4.69) is 53.1 Å². The van der Waals surface area contributed by atoms with Crippen LogP contribution in [0.1, 0.15) is 47.3 Å². The Kier molecular flexibility index (Phi) is 5.24. The van der Waals surface area contributed by atoms with Crippen molar-refractivity contribution in [2.75, 3.05) is 18.4 Å². The zero-order chi connectivity index (χ0) is 21.4. The fraction of sp³-hybridized carbons (Fsp3) is 0.409. The second-order valence-corrected chi connectivity index (χ2v) is 7.86. The molecule has 8 heteroatoms. The molecule has 30 heavy (non-hydrogen) atoms. The van der Waals surface area contributed by atoms with Gasteiger partial charge in [0.2, 0.25) is 0 Å². The summed E-state index contributed by atoms with van der Waals surface area (Å²) in [4.78, 5) is 26.1. The number of likely N-dealkylation sites (tertiary alicyclic amines) is 1. The highest BCUT2D eigenvalue weighted by atomic mass is 16.4. The summed E-state index contributed by atoms with van der Waals surface area (Å²) in [6.07, 6.45) is 2.27. The monoisotopic (exact) mass is 409 g/mol. The first-order chi connectivity index (χ1) is 14.4. The third kappa shape index (κ3) is 3.42. The third-order valence-electron chi connectivity index (χ3n) is 5.97. The summed E-state index contributed by atoms with van der Waals surface area (Å²) >= 11 is 0. The van der Waals surface area contributed by atoms with Gasteiger partial charge in [-0.15, -0.1) is 0 Å². The Morgan fingerprint density at radius 2 is 2.07 bits per heavy atom. The van der Waals surface area contributed by atoms with Gasteiger partial charge in [0, 0.05) is 55.4 Å². The number of para-hydroxylation sites is 1. The topological polar surface area (TPSA) is 92.4 Å². The first-order valence-electron chi connectivity index (χ1n) is 10.3. The Morgan fingerprint density at radius 3 is 2.80 bits per heavy atom. The van der Waals surface area contributed by atoms with Gasteiger partial charge in [-0.25, -0.2) is 4.79 Å². The molecule has 1 fully saturated rings. The molecule has 1 saturated heterocycles. The Bertz CT molecular complexity index is 1110. The quantitative estimate of drug-likeness (QED) is 0.685. The van der Waals surface area contributed by atoms with Gasteiger partial charge >= 0.3 is 6.09 Å². The first-order valence-corrected chi connectivity index (χ1v) is 10.3. The van der Waals surface area contributed by atoms with E-state index in [9.17, 15) is 9.59 Å². The molecule has 1 aromatic carbocycles. The van der Waals surface area contributed by atoms with Crippen molar-refractivity contribution in [1.29, 1.82) is 0 Å². The smallest absolute Gasteiger partial charge is 0.410 e. The number of benzene rings is 1. The van der Waals surface area contributed by atoms with E-state index in [1.165, 1.54) is 26.8 Å². The molecule has 1 atom stereocenters. The lowest BCUT2D eigenvalue weighted by Gasteiger charge is -2.34. The van der Waals surface area contributed by atoms with Crippen LogP contribution in [0.2, 0.25) is 0 Å². The average molecular weight is 409 g/mol. The van der Waals surface area contributed by atoms with Gasteiger partial charge in [-0.1, -0.05) is 18.2 Å². The van der Waals surface area contributed by atoms with Crippen LogP contribution in [0.15, 0.2) is 30.5 Å². The van der Waals surface area contributed by atoms with Crippen molar-refractivity contribution in [2.45, 2.75) is 39.2 Å². The van der Waals surface area contributed by atoms with Gasteiger partial charge in [-0.3, -0.25) is 14.8 Å². The minimum atomic E-state index is -1.23. The van der Waals surface area contributed by atoms with E-state index < -0.39 is 6.09 Å². The summed E-state index contributed by atoms with van der Waals surface area (Å²) in [7, 11) is 1.67. The minimum Gasteiger partial charge on any atom is -0.465 e. The molecule has 1 unspecified atom stereocenters. The Labute approximate surface area is 175 Å². The number of rotatable bonds is 4. The standard InChI is InChI=1S/C22H27N5O3/c1-4-27-18-10-6-5-9-16(18)14(2)19(27)15-8-7-11-26(12-15)21(28)17-13-25(3)24-20(17)23-22(29)30/h5-6,9-10,13,15H,4,7-8,11-12H2,1-3H3,(H,23,24)(H,29,30). The van der Waals surface area contributed by atoms with Crippen LogP contribution in [-0.2, 0) is 13.6 Å². The molecule has 0 radical (unpaired) electrons. The molecule has 158 valence electrons. The van der Waals surface area contributed by atoms with E-state index >= 15 is 0 Å². The maximum Gasteiger partial charge on any atom is 0.410 e. The van der Waals surface area contributed by atoms with Crippen molar-refractivity contribution in [1.82, 2.24) is 19.2 Å². The number of aromatic nitrogens is 3. The van der Waals surface area contributed by atoms with Crippen LogP contribution in [0, 0.1) is 6.92 Å². The highest BCUT2D eigenvalue weighted by molar-refractivity contribution is 6.01. The molecule has 2 N–H and O–H groups in total. The van der Waals surface area contributed by atoms with Crippen molar-refractivity contribution in [3.05, 3.63) is 47.3 Å². The largest absolute Gasteiger partial charge is 0.465 e. The number of piperidine rings is 1. The number of aryl methyl sites for hydroxylation is 3. The lowest BCUT2D eigenvalue weighted by Crippen LogP contribution is -2.40. The Balaban J connectivity index is 1.65. The van der Waals surface area contributed by atoms with Crippen LogP contribution in [0.25, 0.3) is 10.9 Å². The number of hydrogen-bond acceptors (Lipinski definition) is 3. The van der Waals surface area contributed by atoms with Gasteiger partial charge < -0.3 is 14.6 Å².